The molecule has 4 aliphatic rings. The third-order valence-electron chi connectivity index (χ3n) is 6.95. The average molecular weight is 354 g/mol. The highest BCUT2D eigenvalue weighted by Crippen LogP contribution is 2.64. The van der Waals surface area contributed by atoms with E-state index in [0.29, 0.717) is 12.0 Å². The van der Waals surface area contributed by atoms with E-state index in [-0.39, 0.29) is 35.6 Å². The highest BCUT2D eigenvalue weighted by molar-refractivity contribution is 6.09. The van der Waals surface area contributed by atoms with Crippen molar-refractivity contribution in [3.05, 3.63) is 47.0 Å². The summed E-state index contributed by atoms with van der Waals surface area (Å²) in [7, 11) is 1.64. The number of allylic oxidation sites excluding steroid dienone is 1. The Labute approximate surface area is 152 Å². The molecule has 1 aromatic heterocycles. The van der Waals surface area contributed by atoms with Gasteiger partial charge in [-0.1, -0.05) is 18.6 Å². The molecule has 2 bridgehead atoms. The van der Waals surface area contributed by atoms with Crippen molar-refractivity contribution in [2.75, 3.05) is 7.11 Å². The van der Waals surface area contributed by atoms with E-state index in [4.69, 9.17) is 13.9 Å². The fraction of sp³-hybridized carbons (Fsp3) is 0.524. The van der Waals surface area contributed by atoms with Crippen LogP contribution in [0.1, 0.15) is 38.2 Å². The van der Waals surface area contributed by atoms with E-state index >= 15 is 0 Å². The Morgan fingerprint density at radius 2 is 2.12 bits per heavy atom. The van der Waals surface area contributed by atoms with Gasteiger partial charge in [0, 0.05) is 30.4 Å². The maximum atomic E-state index is 13.4. The molecule has 2 heterocycles. The van der Waals surface area contributed by atoms with Gasteiger partial charge in [-0.3, -0.25) is 9.59 Å². The Hall–Kier alpha value is -2.14. The standard InChI is InChI=1S/C21H22O5/c1-10-5-4-7-21-15(10)19(26-20(21)23)18(24-3)14-13(12-6-8-25-9-12)11(2)17(22)16(14)21/h5-6,8-9,11,13,15,18-19H,4,7H2,1-3H3/t11-,13+,15+,18-,19?,21+/m0/s1. The number of rotatable bonds is 2. The van der Waals surface area contributed by atoms with Crippen LogP contribution in [0.3, 0.4) is 0 Å². The summed E-state index contributed by atoms with van der Waals surface area (Å²) in [5, 5.41) is 0. The van der Waals surface area contributed by atoms with Crippen molar-refractivity contribution < 1.29 is 23.5 Å². The minimum absolute atomic E-state index is 0.0604. The second-order valence-corrected chi connectivity index (χ2v) is 7.98. The van der Waals surface area contributed by atoms with E-state index < -0.39 is 11.5 Å². The van der Waals surface area contributed by atoms with Gasteiger partial charge in [-0.2, -0.15) is 0 Å². The summed E-state index contributed by atoms with van der Waals surface area (Å²) in [6, 6.07) is 1.90. The molecule has 0 N–H and O–H groups in total. The predicted octanol–water partition coefficient (Wildman–Crippen LogP) is 3.18. The topological polar surface area (TPSA) is 65.7 Å². The zero-order valence-electron chi connectivity index (χ0n) is 15.2. The summed E-state index contributed by atoms with van der Waals surface area (Å²) in [6.45, 7) is 3.99. The molecule has 0 radical (unpaired) electrons. The van der Waals surface area contributed by atoms with Gasteiger partial charge >= 0.3 is 5.97 Å². The Bertz CT molecular complexity index is 861. The Morgan fingerprint density at radius 3 is 2.81 bits per heavy atom. The summed E-state index contributed by atoms with van der Waals surface area (Å²) in [4.78, 5) is 26.5. The van der Waals surface area contributed by atoms with Crippen LogP contribution in [0.15, 0.2) is 45.8 Å². The molecule has 1 unspecified atom stereocenters. The summed E-state index contributed by atoms with van der Waals surface area (Å²) < 4.78 is 17.0. The van der Waals surface area contributed by atoms with Crippen LogP contribution in [0, 0.1) is 17.3 Å². The molecule has 3 aliphatic carbocycles. The number of ketones is 1. The first-order valence-electron chi connectivity index (χ1n) is 9.23. The van der Waals surface area contributed by atoms with Gasteiger partial charge in [0.15, 0.2) is 5.78 Å². The van der Waals surface area contributed by atoms with Crippen LogP contribution in [0.25, 0.3) is 0 Å². The first kappa shape index (κ1) is 16.1. The molecular weight excluding hydrogens is 332 g/mol. The third kappa shape index (κ3) is 1.65. The van der Waals surface area contributed by atoms with Crippen LogP contribution < -0.4 is 0 Å². The third-order valence-corrected chi connectivity index (χ3v) is 6.95. The smallest absolute Gasteiger partial charge is 0.317 e. The van der Waals surface area contributed by atoms with Crippen molar-refractivity contribution in [2.45, 2.75) is 44.8 Å². The molecule has 0 amide bonds. The summed E-state index contributed by atoms with van der Waals surface area (Å²) in [5.41, 5.74) is 2.86. The first-order chi connectivity index (χ1) is 12.5. The normalized spacial score (nSPS) is 41.0. The van der Waals surface area contributed by atoms with Crippen molar-refractivity contribution in [3.8, 4) is 0 Å². The molecule has 1 aromatic rings. The van der Waals surface area contributed by atoms with E-state index in [1.54, 1.807) is 19.6 Å². The molecule has 1 saturated heterocycles. The molecule has 5 nitrogen and oxygen atoms in total. The second kappa shape index (κ2) is 5.19. The molecule has 6 atom stereocenters. The number of hydrogen-bond acceptors (Lipinski definition) is 5. The molecular formula is C21H22O5. The van der Waals surface area contributed by atoms with Gasteiger partial charge in [-0.25, -0.2) is 0 Å². The van der Waals surface area contributed by atoms with Crippen molar-refractivity contribution >= 4 is 11.8 Å². The number of hydrogen-bond donors (Lipinski definition) is 0. The van der Waals surface area contributed by atoms with E-state index in [1.165, 1.54) is 0 Å². The van der Waals surface area contributed by atoms with E-state index in [1.807, 2.05) is 19.9 Å². The van der Waals surface area contributed by atoms with Gasteiger partial charge in [0.2, 0.25) is 0 Å². The Kier molecular flexibility index (Phi) is 3.21. The number of furan rings is 1. The number of Topliss-reactive ketones (excluding diaryl/α,β-unsaturated/α-hetero) is 1. The lowest BCUT2D eigenvalue weighted by Crippen LogP contribution is -2.49. The van der Waals surface area contributed by atoms with E-state index in [0.717, 1.165) is 23.1 Å². The lowest BCUT2D eigenvalue weighted by molar-refractivity contribution is -0.150. The van der Waals surface area contributed by atoms with Crippen LogP contribution in [0.2, 0.25) is 0 Å². The maximum Gasteiger partial charge on any atom is 0.317 e. The van der Waals surface area contributed by atoms with Crippen LogP contribution in [-0.2, 0) is 19.1 Å². The molecule has 0 spiro atoms. The van der Waals surface area contributed by atoms with Crippen LogP contribution in [0.4, 0.5) is 0 Å². The summed E-state index contributed by atoms with van der Waals surface area (Å²) in [6.07, 6.45) is 6.15. The van der Waals surface area contributed by atoms with Crippen LogP contribution in [0.5, 0.6) is 0 Å². The maximum absolute atomic E-state index is 13.4. The number of ether oxygens (including phenoxy) is 2. The highest BCUT2D eigenvalue weighted by atomic mass is 16.6. The summed E-state index contributed by atoms with van der Waals surface area (Å²) >= 11 is 0. The first-order valence-corrected chi connectivity index (χ1v) is 9.23. The lowest BCUT2D eigenvalue weighted by atomic mass is 9.56. The SMILES string of the molecule is CO[C@H]1C2=C(C(=O)[C@@H](C)[C@@H]2c2ccoc2)[C@@]23CCC=C(C)[C@@H]2C1OC3=O. The fourth-order valence-electron chi connectivity index (χ4n) is 5.98. The highest BCUT2D eigenvalue weighted by Gasteiger charge is 2.70. The molecule has 0 saturated carbocycles. The van der Waals surface area contributed by atoms with Gasteiger partial charge < -0.3 is 13.9 Å². The molecule has 0 aromatic carbocycles. The molecule has 5 heteroatoms. The van der Waals surface area contributed by atoms with E-state index in [9.17, 15) is 9.59 Å². The number of esters is 1. The summed E-state index contributed by atoms with van der Waals surface area (Å²) in [5.74, 6) is -0.650. The van der Waals surface area contributed by atoms with Gasteiger partial charge in [-0.05, 0) is 37.0 Å². The van der Waals surface area contributed by atoms with Crippen LogP contribution >= 0.6 is 0 Å². The number of carbonyl (C=O) groups excluding carboxylic acids is 2. The van der Waals surface area contributed by atoms with Crippen molar-refractivity contribution in [1.82, 2.24) is 0 Å². The largest absolute Gasteiger partial charge is 0.472 e. The van der Waals surface area contributed by atoms with Gasteiger partial charge in [0.05, 0.1) is 12.5 Å². The molecule has 1 aliphatic heterocycles. The second-order valence-electron chi connectivity index (χ2n) is 7.98. The molecule has 1 fully saturated rings. The van der Waals surface area contributed by atoms with Crippen molar-refractivity contribution in [2.24, 2.45) is 17.3 Å². The number of carbonyl (C=O) groups is 2. The quantitative estimate of drug-likeness (QED) is 0.603. The van der Waals surface area contributed by atoms with E-state index in [2.05, 4.69) is 6.08 Å². The molecule has 136 valence electrons. The van der Waals surface area contributed by atoms with Gasteiger partial charge in [-0.15, -0.1) is 0 Å². The van der Waals surface area contributed by atoms with Gasteiger partial charge in [0.25, 0.3) is 0 Å². The van der Waals surface area contributed by atoms with Crippen molar-refractivity contribution in [3.63, 3.8) is 0 Å². The van der Waals surface area contributed by atoms with Crippen LogP contribution in [-0.4, -0.2) is 31.1 Å². The lowest BCUT2D eigenvalue weighted by Gasteiger charge is -2.43. The molecule has 5 rings (SSSR count). The van der Waals surface area contributed by atoms with Crippen molar-refractivity contribution in [1.29, 1.82) is 0 Å². The zero-order chi connectivity index (χ0) is 18.2. The zero-order valence-corrected chi connectivity index (χ0v) is 15.2. The predicted molar refractivity (Wildman–Crippen MR) is 92.2 cm³/mol. The minimum Gasteiger partial charge on any atom is -0.472 e. The minimum atomic E-state index is -0.836. The molecule has 26 heavy (non-hydrogen) atoms. The number of methoxy groups -OCH3 is 1. The fourth-order valence-corrected chi connectivity index (χ4v) is 5.98. The Morgan fingerprint density at radius 1 is 1.31 bits per heavy atom. The average Bonchev–Trinajstić information content (AvgIpc) is 3.28. The monoisotopic (exact) mass is 354 g/mol. The Balaban J connectivity index is 1.80. The van der Waals surface area contributed by atoms with Gasteiger partial charge in [0.1, 0.15) is 17.6 Å².